The average Bonchev–Trinajstić information content (AvgIpc) is 3.44. The molecular weight excluding hydrogens is 473 g/mol. The lowest BCUT2D eigenvalue weighted by Crippen LogP contribution is -2.47. The molecule has 5 rings (SSSR count). The second-order valence-electron chi connectivity index (χ2n) is 9.78. The van der Waals surface area contributed by atoms with Gasteiger partial charge in [0.25, 0.3) is 0 Å². The van der Waals surface area contributed by atoms with E-state index in [0.717, 1.165) is 75.3 Å². The van der Waals surface area contributed by atoms with E-state index in [1.807, 2.05) is 6.92 Å². The molecule has 0 atom stereocenters. The van der Waals surface area contributed by atoms with Gasteiger partial charge < -0.3 is 19.3 Å². The van der Waals surface area contributed by atoms with Crippen molar-refractivity contribution < 1.29 is 18.2 Å². The van der Waals surface area contributed by atoms with Crippen molar-refractivity contribution in [2.24, 2.45) is 5.92 Å². The zero-order valence-electron chi connectivity index (χ0n) is 19.9. The van der Waals surface area contributed by atoms with Crippen molar-refractivity contribution in [3.63, 3.8) is 0 Å². The Labute approximate surface area is 208 Å². The molecule has 8 nitrogen and oxygen atoms in total. The number of anilines is 1. The van der Waals surface area contributed by atoms with Gasteiger partial charge in [0.1, 0.15) is 11.6 Å². The summed E-state index contributed by atoms with van der Waals surface area (Å²) >= 11 is 5.96. The molecule has 3 aromatic rings. The number of hydrogen-bond acceptors (Lipinski definition) is 7. The predicted molar refractivity (Wildman–Crippen MR) is 131 cm³/mol. The summed E-state index contributed by atoms with van der Waals surface area (Å²) < 4.78 is 24.1. The minimum absolute atomic E-state index is 0.00904. The maximum Gasteiger partial charge on any atom is 0.227 e. The van der Waals surface area contributed by atoms with E-state index >= 15 is 0 Å². The van der Waals surface area contributed by atoms with E-state index in [2.05, 4.69) is 25.4 Å². The number of piperazine rings is 1. The van der Waals surface area contributed by atoms with Crippen molar-refractivity contribution >= 4 is 34.3 Å². The van der Waals surface area contributed by atoms with Crippen LogP contribution in [0.1, 0.15) is 43.6 Å². The van der Waals surface area contributed by atoms with Gasteiger partial charge in [-0.05, 0) is 57.6 Å². The van der Waals surface area contributed by atoms with Crippen LogP contribution in [0, 0.1) is 18.7 Å². The van der Waals surface area contributed by atoms with Crippen LogP contribution < -0.4 is 10.2 Å². The van der Waals surface area contributed by atoms with Crippen LogP contribution in [-0.4, -0.2) is 59.9 Å². The summed E-state index contributed by atoms with van der Waals surface area (Å²) in [6, 6.07) is 4.95. The standard InChI is InChI=1S/C25H31ClFN5O3/c1-16-12-19(34-29-16)13-24(33)28-18-4-2-17(3-5-18)6-7-31-8-10-32(11-9-31)25-20-14-21(26)22(27)15-23(20)35-30-25/h12,14-15,17-18H,2-11,13H2,1H3,(H,28,33). The largest absolute Gasteiger partial charge is 0.361 e. The highest BCUT2D eigenvalue weighted by atomic mass is 35.5. The number of nitrogens with zero attached hydrogens (tertiary/aromatic N) is 4. The molecule has 1 aliphatic heterocycles. The van der Waals surface area contributed by atoms with Crippen LogP contribution >= 0.6 is 11.6 Å². The summed E-state index contributed by atoms with van der Waals surface area (Å²) in [5.74, 6) is 1.57. The topological polar surface area (TPSA) is 87.6 Å². The van der Waals surface area contributed by atoms with E-state index in [9.17, 15) is 9.18 Å². The lowest BCUT2D eigenvalue weighted by atomic mass is 9.84. The minimum Gasteiger partial charge on any atom is -0.361 e. The Balaban J connectivity index is 1.02. The Morgan fingerprint density at radius 3 is 2.60 bits per heavy atom. The third-order valence-corrected chi connectivity index (χ3v) is 7.53. The van der Waals surface area contributed by atoms with Crippen LogP contribution in [0.4, 0.5) is 10.2 Å². The number of fused-ring (bicyclic) bond motifs is 1. The highest BCUT2D eigenvalue weighted by Crippen LogP contribution is 2.31. The molecule has 0 spiro atoms. The van der Waals surface area contributed by atoms with Crippen molar-refractivity contribution in [2.45, 2.75) is 51.5 Å². The molecule has 3 heterocycles. The van der Waals surface area contributed by atoms with Gasteiger partial charge in [-0.1, -0.05) is 21.9 Å². The fraction of sp³-hybridized carbons (Fsp3) is 0.560. The lowest BCUT2D eigenvalue weighted by Gasteiger charge is -2.36. The second kappa shape index (κ2) is 10.5. The number of hydrogen-bond donors (Lipinski definition) is 1. The Morgan fingerprint density at radius 2 is 1.89 bits per heavy atom. The number of aryl methyl sites for hydroxylation is 1. The molecule has 0 radical (unpaired) electrons. The fourth-order valence-electron chi connectivity index (χ4n) is 5.23. The molecule has 1 N–H and O–H groups in total. The van der Waals surface area contributed by atoms with Gasteiger partial charge in [-0.3, -0.25) is 9.69 Å². The quantitative estimate of drug-likeness (QED) is 0.513. The van der Waals surface area contributed by atoms with Gasteiger partial charge in [-0.2, -0.15) is 0 Å². The summed E-state index contributed by atoms with van der Waals surface area (Å²) in [6.07, 6.45) is 5.79. The molecule has 10 heteroatoms. The van der Waals surface area contributed by atoms with E-state index in [0.29, 0.717) is 17.3 Å². The Bertz CT molecular complexity index is 1170. The van der Waals surface area contributed by atoms with Gasteiger partial charge in [-0.25, -0.2) is 4.39 Å². The van der Waals surface area contributed by atoms with Gasteiger partial charge in [0.2, 0.25) is 5.91 Å². The van der Waals surface area contributed by atoms with E-state index < -0.39 is 5.82 Å². The maximum atomic E-state index is 13.7. The third-order valence-electron chi connectivity index (χ3n) is 7.24. The first-order chi connectivity index (χ1) is 16.9. The molecule has 2 aromatic heterocycles. The van der Waals surface area contributed by atoms with E-state index in [4.69, 9.17) is 20.6 Å². The molecule has 1 aliphatic carbocycles. The number of nitrogens with one attached hydrogen (secondary N) is 1. The van der Waals surface area contributed by atoms with Crippen LogP contribution in [0.3, 0.4) is 0 Å². The summed E-state index contributed by atoms with van der Waals surface area (Å²) in [5.41, 5.74) is 1.21. The minimum atomic E-state index is -0.496. The first kappa shape index (κ1) is 24.1. The molecule has 1 aromatic carbocycles. The molecule has 188 valence electrons. The van der Waals surface area contributed by atoms with Gasteiger partial charge >= 0.3 is 0 Å². The fourth-order valence-corrected chi connectivity index (χ4v) is 5.39. The summed E-state index contributed by atoms with van der Waals surface area (Å²) in [6.45, 7) is 6.53. The van der Waals surface area contributed by atoms with Crippen molar-refractivity contribution in [3.8, 4) is 0 Å². The molecule has 2 aliphatic rings. The third kappa shape index (κ3) is 5.78. The summed E-state index contributed by atoms with van der Waals surface area (Å²) in [7, 11) is 0. The van der Waals surface area contributed by atoms with Crippen molar-refractivity contribution in [3.05, 3.63) is 40.5 Å². The predicted octanol–water partition coefficient (Wildman–Crippen LogP) is 4.35. The number of benzene rings is 1. The smallest absolute Gasteiger partial charge is 0.227 e. The van der Waals surface area contributed by atoms with Crippen molar-refractivity contribution in [1.82, 2.24) is 20.5 Å². The van der Waals surface area contributed by atoms with Crippen molar-refractivity contribution in [2.75, 3.05) is 37.6 Å². The number of carbonyl (C=O) groups excluding carboxylic acids is 1. The first-order valence-electron chi connectivity index (χ1n) is 12.4. The van der Waals surface area contributed by atoms with E-state index in [-0.39, 0.29) is 23.4 Å². The van der Waals surface area contributed by atoms with Gasteiger partial charge in [-0.15, -0.1) is 0 Å². The molecule has 1 saturated carbocycles. The van der Waals surface area contributed by atoms with Gasteiger partial charge in [0, 0.05) is 44.4 Å². The first-order valence-corrected chi connectivity index (χ1v) is 12.8. The van der Waals surface area contributed by atoms with Gasteiger partial charge in [0.05, 0.1) is 22.5 Å². The highest BCUT2D eigenvalue weighted by Gasteiger charge is 2.26. The summed E-state index contributed by atoms with van der Waals surface area (Å²) in [5, 5.41) is 12.0. The zero-order chi connectivity index (χ0) is 24.4. The summed E-state index contributed by atoms with van der Waals surface area (Å²) in [4.78, 5) is 17.0. The number of halogens is 2. The van der Waals surface area contributed by atoms with E-state index in [1.165, 1.54) is 12.5 Å². The molecule has 35 heavy (non-hydrogen) atoms. The molecule has 0 unspecified atom stereocenters. The molecule has 1 amide bonds. The Hall–Kier alpha value is -2.65. The van der Waals surface area contributed by atoms with E-state index in [1.54, 1.807) is 12.1 Å². The maximum absolute atomic E-state index is 13.7. The average molecular weight is 504 g/mol. The molecule has 1 saturated heterocycles. The van der Waals surface area contributed by atoms with Crippen LogP contribution in [0.25, 0.3) is 11.0 Å². The molecular formula is C25H31ClFN5O3. The molecule has 2 fully saturated rings. The number of aromatic nitrogens is 2. The van der Waals surface area contributed by atoms with Crippen LogP contribution in [0.5, 0.6) is 0 Å². The second-order valence-corrected chi connectivity index (χ2v) is 10.2. The number of carbonyl (C=O) groups is 1. The zero-order valence-corrected chi connectivity index (χ0v) is 20.7. The lowest BCUT2D eigenvalue weighted by molar-refractivity contribution is -0.121. The molecule has 0 bridgehead atoms. The van der Waals surface area contributed by atoms with Crippen LogP contribution in [0.15, 0.2) is 27.2 Å². The van der Waals surface area contributed by atoms with Crippen LogP contribution in [0.2, 0.25) is 5.02 Å². The normalized spacial score (nSPS) is 21.5. The SMILES string of the molecule is Cc1cc(CC(=O)NC2CCC(CCN3CCN(c4noc5cc(F)c(Cl)cc45)CC3)CC2)on1. The number of rotatable bonds is 7. The van der Waals surface area contributed by atoms with Gasteiger partial charge in [0.15, 0.2) is 11.4 Å². The van der Waals surface area contributed by atoms with Crippen LogP contribution in [-0.2, 0) is 11.2 Å². The number of amides is 1. The van der Waals surface area contributed by atoms with Crippen molar-refractivity contribution in [1.29, 1.82) is 0 Å². The Morgan fingerprint density at radius 1 is 1.11 bits per heavy atom. The highest BCUT2D eigenvalue weighted by molar-refractivity contribution is 6.31. The Kier molecular flexibility index (Phi) is 7.24. The monoisotopic (exact) mass is 503 g/mol.